The summed E-state index contributed by atoms with van der Waals surface area (Å²) in [5.74, 6) is -0.622. The molecule has 1 unspecified atom stereocenters. The van der Waals surface area contributed by atoms with Crippen LogP contribution in [0, 0.1) is 0 Å². The number of aliphatic carboxylic acids is 1. The van der Waals surface area contributed by atoms with E-state index in [-0.39, 0.29) is 5.75 Å². The molecule has 1 heterocycles. The molecule has 0 bridgehead atoms. The average molecular weight is 356 g/mol. The smallest absolute Gasteiger partial charge is 0.328 e. The van der Waals surface area contributed by atoms with Crippen molar-refractivity contribution in [2.75, 3.05) is 13.7 Å². The Labute approximate surface area is 143 Å². The summed E-state index contributed by atoms with van der Waals surface area (Å²) in [6, 6.07) is 4.57. The highest BCUT2D eigenvalue weighted by Gasteiger charge is 2.44. The number of carboxylic acids is 1. The van der Waals surface area contributed by atoms with Crippen molar-refractivity contribution in [2.45, 2.75) is 30.7 Å². The van der Waals surface area contributed by atoms with Gasteiger partial charge in [-0.1, -0.05) is 0 Å². The number of methoxy groups -OCH3 is 1. The van der Waals surface area contributed by atoms with Crippen molar-refractivity contribution >= 4 is 12.0 Å². The molecule has 0 saturated carbocycles. The van der Waals surface area contributed by atoms with Crippen LogP contribution in [0.2, 0.25) is 0 Å². The van der Waals surface area contributed by atoms with Gasteiger partial charge in [-0.25, -0.2) is 4.79 Å². The summed E-state index contributed by atoms with van der Waals surface area (Å²) in [5, 5.41) is 47.6. The maximum atomic E-state index is 10.7. The van der Waals surface area contributed by atoms with Gasteiger partial charge in [0, 0.05) is 17.7 Å². The first-order valence-corrected chi connectivity index (χ1v) is 7.43. The first-order valence-electron chi connectivity index (χ1n) is 7.43. The lowest BCUT2D eigenvalue weighted by Gasteiger charge is -2.39. The van der Waals surface area contributed by atoms with Crippen LogP contribution >= 0.6 is 0 Å². The van der Waals surface area contributed by atoms with Crippen LogP contribution in [0.1, 0.15) is 5.56 Å². The van der Waals surface area contributed by atoms with Crippen LogP contribution in [-0.2, 0) is 9.53 Å². The zero-order chi connectivity index (χ0) is 18.6. The summed E-state index contributed by atoms with van der Waals surface area (Å²) in [7, 11) is 1.43. The number of aliphatic hydroxyl groups excluding tert-OH is 4. The zero-order valence-electron chi connectivity index (χ0n) is 13.3. The number of carbonyl (C=O) groups is 1. The van der Waals surface area contributed by atoms with Crippen molar-refractivity contribution in [3.8, 4) is 11.5 Å². The molecule has 1 aliphatic rings. The number of benzene rings is 1. The Morgan fingerprint density at radius 3 is 2.56 bits per heavy atom. The molecule has 9 heteroatoms. The Kier molecular flexibility index (Phi) is 6.34. The van der Waals surface area contributed by atoms with E-state index in [1.165, 1.54) is 25.3 Å². The summed E-state index contributed by atoms with van der Waals surface area (Å²) in [5.41, 5.74) is 0.361. The molecule has 138 valence electrons. The van der Waals surface area contributed by atoms with Gasteiger partial charge in [0.2, 0.25) is 6.29 Å². The quantitative estimate of drug-likeness (QED) is 0.404. The normalized spacial score (nSPS) is 29.6. The van der Waals surface area contributed by atoms with E-state index in [0.29, 0.717) is 11.3 Å². The van der Waals surface area contributed by atoms with Gasteiger partial charge in [0.15, 0.2) is 0 Å². The Hall–Kier alpha value is -2.17. The van der Waals surface area contributed by atoms with E-state index in [4.69, 9.17) is 19.3 Å². The maximum Gasteiger partial charge on any atom is 0.328 e. The first kappa shape index (κ1) is 19.2. The van der Waals surface area contributed by atoms with Crippen molar-refractivity contribution in [3.05, 3.63) is 29.8 Å². The summed E-state index contributed by atoms with van der Waals surface area (Å²) in [6.07, 6.45) is -4.99. The molecule has 0 spiro atoms. The van der Waals surface area contributed by atoms with Crippen molar-refractivity contribution in [1.29, 1.82) is 0 Å². The van der Waals surface area contributed by atoms with Crippen LogP contribution in [0.3, 0.4) is 0 Å². The molecule has 0 radical (unpaired) electrons. The van der Waals surface area contributed by atoms with Gasteiger partial charge in [-0.05, 0) is 18.2 Å². The molecule has 5 atom stereocenters. The van der Waals surface area contributed by atoms with Crippen LogP contribution < -0.4 is 9.47 Å². The fourth-order valence-electron chi connectivity index (χ4n) is 2.33. The zero-order valence-corrected chi connectivity index (χ0v) is 13.3. The lowest BCUT2D eigenvalue weighted by molar-refractivity contribution is -0.277. The third-order valence-electron chi connectivity index (χ3n) is 3.72. The van der Waals surface area contributed by atoms with Crippen molar-refractivity contribution < 1.29 is 44.5 Å². The number of hydrogen-bond donors (Lipinski definition) is 5. The maximum absolute atomic E-state index is 10.7. The van der Waals surface area contributed by atoms with Crippen LogP contribution in [-0.4, -0.2) is 75.9 Å². The Balaban J connectivity index is 2.29. The fourth-order valence-corrected chi connectivity index (χ4v) is 2.33. The second kappa shape index (κ2) is 8.28. The predicted octanol–water partition coefficient (Wildman–Crippen LogP) is -1.03. The minimum absolute atomic E-state index is 0.126. The van der Waals surface area contributed by atoms with Crippen LogP contribution in [0.5, 0.6) is 11.5 Å². The van der Waals surface area contributed by atoms with E-state index in [2.05, 4.69) is 0 Å². The van der Waals surface area contributed by atoms with Crippen molar-refractivity contribution in [1.82, 2.24) is 0 Å². The lowest BCUT2D eigenvalue weighted by Crippen LogP contribution is -2.60. The summed E-state index contributed by atoms with van der Waals surface area (Å²) >= 11 is 0. The molecule has 1 fully saturated rings. The van der Waals surface area contributed by atoms with Crippen molar-refractivity contribution in [2.24, 2.45) is 0 Å². The van der Waals surface area contributed by atoms with Gasteiger partial charge in [-0.2, -0.15) is 0 Å². The van der Waals surface area contributed by atoms with Crippen LogP contribution in [0.25, 0.3) is 6.08 Å². The third kappa shape index (κ3) is 4.47. The number of rotatable bonds is 6. The van der Waals surface area contributed by atoms with Gasteiger partial charge in [0.25, 0.3) is 0 Å². The molecule has 0 aromatic heterocycles. The molecular formula is C16H20O9. The minimum Gasteiger partial charge on any atom is -0.497 e. The highest BCUT2D eigenvalue weighted by atomic mass is 16.7. The molecule has 0 aliphatic carbocycles. The molecule has 9 nitrogen and oxygen atoms in total. The number of hydrogen-bond acceptors (Lipinski definition) is 8. The summed E-state index contributed by atoms with van der Waals surface area (Å²) in [4.78, 5) is 10.7. The largest absolute Gasteiger partial charge is 0.497 e. The predicted molar refractivity (Wildman–Crippen MR) is 84.1 cm³/mol. The SMILES string of the molecule is COc1ccc(C=CC(=O)O)c(OC2O[C@H](CO)[C@@H](O)[C@H](O)[C@H]2O)c1. The van der Waals surface area contributed by atoms with Gasteiger partial charge in [-0.3, -0.25) is 0 Å². The number of aliphatic hydroxyl groups is 4. The van der Waals surface area contributed by atoms with Gasteiger partial charge >= 0.3 is 5.97 Å². The molecule has 1 aromatic carbocycles. The van der Waals surface area contributed by atoms with E-state index in [1.807, 2.05) is 0 Å². The van der Waals surface area contributed by atoms with Gasteiger partial charge in [-0.15, -0.1) is 0 Å². The Morgan fingerprint density at radius 1 is 1.24 bits per heavy atom. The molecule has 2 rings (SSSR count). The highest BCUT2D eigenvalue weighted by molar-refractivity contribution is 5.86. The van der Waals surface area contributed by atoms with Gasteiger partial charge < -0.3 is 39.7 Å². The summed E-state index contributed by atoms with van der Waals surface area (Å²) in [6.45, 7) is -0.589. The Morgan fingerprint density at radius 2 is 1.96 bits per heavy atom. The van der Waals surface area contributed by atoms with Gasteiger partial charge in [0.1, 0.15) is 35.9 Å². The minimum atomic E-state index is -1.58. The molecule has 1 saturated heterocycles. The summed E-state index contributed by atoms with van der Waals surface area (Å²) < 4.78 is 15.9. The lowest BCUT2D eigenvalue weighted by atomic mass is 9.99. The number of ether oxygens (including phenoxy) is 3. The fraction of sp³-hybridized carbons (Fsp3) is 0.438. The van der Waals surface area contributed by atoms with E-state index < -0.39 is 43.3 Å². The Bertz CT molecular complexity index is 628. The third-order valence-corrected chi connectivity index (χ3v) is 3.72. The second-order valence-corrected chi connectivity index (χ2v) is 5.39. The molecule has 5 N–H and O–H groups in total. The average Bonchev–Trinajstić information content (AvgIpc) is 2.60. The van der Waals surface area contributed by atoms with E-state index in [1.54, 1.807) is 6.07 Å². The topological polar surface area (TPSA) is 146 Å². The van der Waals surface area contributed by atoms with Crippen LogP contribution in [0.4, 0.5) is 0 Å². The standard InChI is InChI=1S/C16H20O9/c1-23-9-4-2-8(3-5-12(18)19)10(6-9)24-16-15(22)14(21)13(20)11(7-17)25-16/h2-6,11,13-17,20-22H,7H2,1H3,(H,18,19)/t11-,13-,14+,15-,16?/m1/s1. The highest BCUT2D eigenvalue weighted by Crippen LogP contribution is 2.30. The van der Waals surface area contributed by atoms with E-state index >= 15 is 0 Å². The number of carboxylic acid groups (broad SMARTS) is 1. The van der Waals surface area contributed by atoms with Crippen LogP contribution in [0.15, 0.2) is 24.3 Å². The molecular weight excluding hydrogens is 336 g/mol. The van der Waals surface area contributed by atoms with E-state index in [0.717, 1.165) is 6.08 Å². The monoisotopic (exact) mass is 356 g/mol. The molecule has 25 heavy (non-hydrogen) atoms. The van der Waals surface area contributed by atoms with Crippen molar-refractivity contribution in [3.63, 3.8) is 0 Å². The first-order chi connectivity index (χ1) is 11.9. The second-order valence-electron chi connectivity index (χ2n) is 5.39. The molecule has 1 aliphatic heterocycles. The van der Waals surface area contributed by atoms with E-state index in [9.17, 15) is 25.2 Å². The molecule has 1 aromatic rings. The van der Waals surface area contributed by atoms with Gasteiger partial charge in [0.05, 0.1) is 13.7 Å². The molecule has 0 amide bonds.